The summed E-state index contributed by atoms with van der Waals surface area (Å²) in [5, 5.41) is 0. The topological polar surface area (TPSA) is 43.1 Å². The Morgan fingerprint density at radius 3 is 2.53 bits per heavy atom. The Balaban J connectivity index is 1.75. The van der Waals surface area contributed by atoms with E-state index >= 15 is 0 Å². The number of halogens is 3. The van der Waals surface area contributed by atoms with Crippen molar-refractivity contribution >= 4 is 29.5 Å². The number of benzene rings is 3. The molecule has 0 aliphatic rings. The number of nitrogens with zero attached hydrogens (tertiary/aromatic N) is 1. The molecule has 3 aromatic carbocycles. The average Bonchev–Trinajstić information content (AvgIpc) is 3.20. The van der Waals surface area contributed by atoms with Crippen molar-refractivity contribution in [1.29, 1.82) is 0 Å². The molecular formula is C24H16F3NO2. The predicted molar refractivity (Wildman–Crippen MR) is 110 cm³/mol. The first kappa shape index (κ1) is 19.6. The molecule has 0 N–H and O–H groups in total. The largest absolute Gasteiger partial charge is 0.443 e. The quantitative estimate of drug-likeness (QED) is 0.276. The van der Waals surface area contributed by atoms with Gasteiger partial charge >= 0.3 is 6.18 Å². The maximum atomic E-state index is 13.3. The van der Waals surface area contributed by atoms with Crippen LogP contribution in [0.1, 0.15) is 32.6 Å². The van der Waals surface area contributed by atoms with Crippen LogP contribution in [0.25, 0.3) is 34.4 Å². The molecule has 0 aliphatic heterocycles. The molecule has 1 heterocycles. The Kier molecular flexibility index (Phi) is 4.99. The zero-order chi connectivity index (χ0) is 21.3. The lowest BCUT2D eigenvalue weighted by Crippen LogP contribution is -2.07. The van der Waals surface area contributed by atoms with E-state index in [4.69, 9.17) is 4.42 Å². The second kappa shape index (κ2) is 7.63. The highest BCUT2D eigenvalue weighted by Gasteiger charge is 2.32. The summed E-state index contributed by atoms with van der Waals surface area (Å²) in [5.74, 6) is 0. The van der Waals surface area contributed by atoms with Gasteiger partial charge in [0, 0.05) is 5.56 Å². The van der Waals surface area contributed by atoms with Crippen LogP contribution in [0.5, 0.6) is 0 Å². The van der Waals surface area contributed by atoms with Crippen LogP contribution < -0.4 is 0 Å². The molecule has 0 amide bonds. The Morgan fingerprint density at radius 1 is 0.967 bits per heavy atom. The van der Waals surface area contributed by atoms with Crippen molar-refractivity contribution in [2.45, 2.75) is 13.1 Å². The number of oxazole rings is 1. The van der Waals surface area contributed by atoms with Gasteiger partial charge in [-0.25, -0.2) is 4.98 Å². The van der Waals surface area contributed by atoms with Crippen LogP contribution in [0.4, 0.5) is 13.2 Å². The van der Waals surface area contributed by atoms with E-state index in [1.807, 2.05) is 43.3 Å². The first-order chi connectivity index (χ1) is 14.4. The number of aromatic nitrogens is 1. The van der Waals surface area contributed by atoms with Crippen LogP contribution in [0.15, 0.2) is 65.4 Å². The second-order valence-corrected chi connectivity index (χ2v) is 6.85. The molecule has 0 saturated carbocycles. The van der Waals surface area contributed by atoms with E-state index < -0.39 is 11.7 Å². The van der Waals surface area contributed by atoms with Crippen LogP contribution in [0.3, 0.4) is 0 Å². The molecule has 0 saturated heterocycles. The Morgan fingerprint density at radius 2 is 1.77 bits per heavy atom. The van der Waals surface area contributed by atoms with Crippen LogP contribution >= 0.6 is 0 Å². The smallest absolute Gasteiger partial charge is 0.416 e. The van der Waals surface area contributed by atoms with Crippen LogP contribution in [0, 0.1) is 6.92 Å². The number of hydrogen-bond donors (Lipinski definition) is 0. The third kappa shape index (κ3) is 3.76. The maximum Gasteiger partial charge on any atom is 0.416 e. The van der Waals surface area contributed by atoms with E-state index in [0.717, 1.165) is 33.8 Å². The summed E-state index contributed by atoms with van der Waals surface area (Å²) in [6.07, 6.45) is 0.423. The van der Waals surface area contributed by atoms with Gasteiger partial charge in [0.25, 0.3) is 0 Å². The number of alkyl halides is 3. The molecule has 3 nitrogen and oxygen atoms in total. The van der Waals surface area contributed by atoms with E-state index in [1.54, 1.807) is 6.08 Å². The molecule has 150 valence electrons. The van der Waals surface area contributed by atoms with Gasteiger partial charge in [-0.3, -0.25) is 4.79 Å². The highest BCUT2D eigenvalue weighted by atomic mass is 19.4. The minimum atomic E-state index is -4.51. The van der Waals surface area contributed by atoms with Crippen molar-refractivity contribution < 1.29 is 22.4 Å². The Bertz CT molecular complexity index is 1270. The number of carbonyl (C=O) groups excluding carboxylic acids is 1. The van der Waals surface area contributed by atoms with E-state index in [0.29, 0.717) is 11.9 Å². The lowest BCUT2D eigenvalue weighted by atomic mass is 9.95. The van der Waals surface area contributed by atoms with E-state index in [9.17, 15) is 18.0 Å². The fraction of sp³-hybridized carbons (Fsp3) is 0.0833. The molecule has 0 fully saturated rings. The molecular weight excluding hydrogens is 391 g/mol. The van der Waals surface area contributed by atoms with Gasteiger partial charge in [0.15, 0.2) is 12.0 Å². The number of hydrogen-bond acceptors (Lipinski definition) is 3. The highest BCUT2D eigenvalue weighted by Crippen LogP contribution is 2.34. The van der Waals surface area contributed by atoms with Crippen molar-refractivity contribution in [3.05, 3.63) is 88.8 Å². The zero-order valence-corrected chi connectivity index (χ0v) is 15.9. The lowest BCUT2D eigenvalue weighted by molar-refractivity contribution is -0.137. The fourth-order valence-electron chi connectivity index (χ4n) is 3.40. The normalized spacial score (nSPS) is 12.0. The van der Waals surface area contributed by atoms with Crippen LogP contribution in [-0.2, 0) is 6.18 Å². The molecule has 30 heavy (non-hydrogen) atoms. The molecule has 6 heteroatoms. The standard InChI is InChI=1S/C24H16F3NO2/c1-15-17(6-7-19-11-16(13-29)5-9-21(19)24(25,26)27)3-2-4-20(15)18-8-10-22-23(12-18)30-14-28-22/h2-14H,1H3/b7-6+. The lowest BCUT2D eigenvalue weighted by Gasteiger charge is -2.12. The van der Waals surface area contributed by atoms with Crippen molar-refractivity contribution in [1.82, 2.24) is 4.98 Å². The van der Waals surface area contributed by atoms with Gasteiger partial charge in [0.2, 0.25) is 0 Å². The summed E-state index contributed by atoms with van der Waals surface area (Å²) in [6, 6.07) is 14.6. The average molecular weight is 407 g/mol. The van der Waals surface area contributed by atoms with Gasteiger partial charge in [-0.1, -0.05) is 42.5 Å². The molecule has 0 aliphatic carbocycles. The van der Waals surface area contributed by atoms with Gasteiger partial charge < -0.3 is 4.42 Å². The van der Waals surface area contributed by atoms with Gasteiger partial charge in [-0.2, -0.15) is 13.2 Å². The number of aldehydes is 1. The number of rotatable bonds is 4. The highest BCUT2D eigenvalue weighted by molar-refractivity contribution is 5.84. The molecule has 0 bridgehead atoms. The van der Waals surface area contributed by atoms with E-state index in [-0.39, 0.29) is 11.1 Å². The minimum Gasteiger partial charge on any atom is -0.443 e. The zero-order valence-electron chi connectivity index (χ0n) is 15.9. The fourth-order valence-corrected chi connectivity index (χ4v) is 3.40. The minimum absolute atomic E-state index is 0.0556. The predicted octanol–water partition coefficient (Wildman–Crippen LogP) is 6.80. The summed E-state index contributed by atoms with van der Waals surface area (Å²) < 4.78 is 45.4. The third-order valence-corrected chi connectivity index (χ3v) is 4.98. The number of carbonyl (C=O) groups is 1. The summed E-state index contributed by atoms with van der Waals surface area (Å²) in [4.78, 5) is 15.1. The van der Waals surface area contributed by atoms with Gasteiger partial charge in [0.1, 0.15) is 11.8 Å². The first-order valence-electron chi connectivity index (χ1n) is 9.14. The van der Waals surface area contributed by atoms with Crippen LogP contribution in [-0.4, -0.2) is 11.3 Å². The van der Waals surface area contributed by atoms with Crippen LogP contribution in [0.2, 0.25) is 0 Å². The summed E-state index contributed by atoms with van der Waals surface area (Å²) in [6.45, 7) is 1.91. The summed E-state index contributed by atoms with van der Waals surface area (Å²) in [5.41, 5.74) is 4.31. The van der Waals surface area contributed by atoms with Gasteiger partial charge in [0.05, 0.1) is 5.56 Å². The second-order valence-electron chi connectivity index (χ2n) is 6.85. The van der Waals surface area contributed by atoms with E-state index in [1.165, 1.54) is 24.6 Å². The molecule has 0 spiro atoms. The first-order valence-corrected chi connectivity index (χ1v) is 9.14. The monoisotopic (exact) mass is 407 g/mol. The van der Waals surface area contributed by atoms with Crippen molar-refractivity contribution in [2.24, 2.45) is 0 Å². The molecule has 4 aromatic rings. The van der Waals surface area contributed by atoms with Gasteiger partial charge in [-0.15, -0.1) is 0 Å². The summed E-state index contributed by atoms with van der Waals surface area (Å²) in [7, 11) is 0. The maximum absolute atomic E-state index is 13.3. The van der Waals surface area contributed by atoms with Crippen molar-refractivity contribution in [2.75, 3.05) is 0 Å². The van der Waals surface area contributed by atoms with Crippen molar-refractivity contribution in [3.8, 4) is 11.1 Å². The third-order valence-electron chi connectivity index (χ3n) is 4.98. The Hall–Kier alpha value is -3.67. The summed E-state index contributed by atoms with van der Waals surface area (Å²) >= 11 is 0. The number of fused-ring (bicyclic) bond motifs is 1. The Labute approximate surface area is 170 Å². The molecule has 4 rings (SSSR count). The van der Waals surface area contributed by atoms with Crippen molar-refractivity contribution in [3.63, 3.8) is 0 Å². The molecule has 1 aromatic heterocycles. The molecule has 0 atom stereocenters. The van der Waals surface area contributed by atoms with Gasteiger partial charge in [-0.05, 0) is 59.0 Å². The molecule has 0 unspecified atom stereocenters. The molecule has 0 radical (unpaired) electrons. The van der Waals surface area contributed by atoms with E-state index in [2.05, 4.69) is 4.98 Å². The SMILES string of the molecule is Cc1c(/C=C/c2cc(C=O)ccc2C(F)(F)F)cccc1-c1ccc2ncoc2c1.